The summed E-state index contributed by atoms with van der Waals surface area (Å²) in [7, 11) is 0. The van der Waals surface area contributed by atoms with Crippen LogP contribution in [0.1, 0.15) is 22.4 Å². The molecule has 26 heavy (non-hydrogen) atoms. The van der Waals surface area contributed by atoms with E-state index in [9.17, 15) is 5.11 Å². The number of pyridine rings is 1. The summed E-state index contributed by atoms with van der Waals surface area (Å²) in [6, 6.07) is 15.8. The Hall–Kier alpha value is -3.18. The highest BCUT2D eigenvalue weighted by Crippen LogP contribution is 2.36. The largest absolute Gasteiger partial charge is 0.454 e. The molecule has 0 aliphatic carbocycles. The van der Waals surface area contributed by atoms with Crippen molar-refractivity contribution in [2.75, 3.05) is 6.79 Å². The highest BCUT2D eigenvalue weighted by Gasteiger charge is 2.24. The first-order chi connectivity index (χ1) is 12.8. The molecule has 0 spiro atoms. The Morgan fingerprint density at radius 2 is 1.73 bits per heavy atom. The van der Waals surface area contributed by atoms with Gasteiger partial charge < -0.3 is 14.6 Å². The van der Waals surface area contributed by atoms with Gasteiger partial charge >= 0.3 is 0 Å². The van der Waals surface area contributed by atoms with Crippen LogP contribution in [0.2, 0.25) is 0 Å². The molecule has 0 bridgehead atoms. The van der Waals surface area contributed by atoms with Crippen LogP contribution < -0.4 is 9.47 Å². The molecular weight excluding hydrogens is 328 g/mol. The van der Waals surface area contributed by atoms with Crippen molar-refractivity contribution in [3.05, 3.63) is 77.1 Å². The average molecular weight is 344 g/mol. The van der Waals surface area contributed by atoms with Gasteiger partial charge in [-0.1, -0.05) is 24.3 Å². The van der Waals surface area contributed by atoms with E-state index in [1.54, 1.807) is 0 Å². The van der Waals surface area contributed by atoms with Crippen LogP contribution in [0.4, 0.5) is 0 Å². The number of fused-ring (bicyclic) bond motifs is 2. The van der Waals surface area contributed by atoms with Crippen molar-refractivity contribution >= 4 is 5.71 Å². The molecule has 2 aromatic carbocycles. The maximum atomic E-state index is 9.27. The summed E-state index contributed by atoms with van der Waals surface area (Å²) in [4.78, 5) is 9.25. The summed E-state index contributed by atoms with van der Waals surface area (Å²) in [5.74, 6) is 1.51. The third-order valence-corrected chi connectivity index (χ3v) is 4.75. The number of hydrogen-bond acceptors (Lipinski definition) is 5. The number of aliphatic hydroxyl groups is 1. The number of ether oxygens (including phenoxy) is 2. The van der Waals surface area contributed by atoms with Crippen molar-refractivity contribution in [3.8, 4) is 22.6 Å². The maximum Gasteiger partial charge on any atom is 0.231 e. The first-order valence-corrected chi connectivity index (χ1v) is 8.46. The Labute approximate surface area is 150 Å². The lowest BCUT2D eigenvalue weighted by Crippen LogP contribution is -2.04. The molecule has 3 aromatic rings. The molecule has 0 radical (unpaired) electrons. The van der Waals surface area contributed by atoms with Gasteiger partial charge in [0, 0.05) is 17.3 Å². The molecule has 3 heterocycles. The van der Waals surface area contributed by atoms with Crippen molar-refractivity contribution in [1.82, 2.24) is 4.98 Å². The molecule has 5 heteroatoms. The van der Waals surface area contributed by atoms with Crippen LogP contribution in [-0.2, 0) is 13.2 Å². The van der Waals surface area contributed by atoms with Crippen molar-refractivity contribution in [2.24, 2.45) is 4.99 Å². The highest BCUT2D eigenvalue weighted by atomic mass is 16.7. The fourth-order valence-electron chi connectivity index (χ4n) is 3.43. The molecular formula is C21H16N2O3. The molecule has 1 aromatic heterocycles. The normalized spacial score (nSPS) is 14.3. The Bertz CT molecular complexity index is 1030. The number of rotatable bonds is 3. The zero-order valence-electron chi connectivity index (χ0n) is 14.0. The maximum absolute atomic E-state index is 9.27. The van der Waals surface area contributed by atoms with Gasteiger partial charge in [0.2, 0.25) is 6.79 Å². The predicted molar refractivity (Wildman–Crippen MR) is 97.5 cm³/mol. The molecule has 0 amide bonds. The Morgan fingerprint density at radius 1 is 0.923 bits per heavy atom. The summed E-state index contributed by atoms with van der Waals surface area (Å²) < 4.78 is 10.9. The van der Waals surface area contributed by atoms with Gasteiger partial charge in [0.25, 0.3) is 0 Å². The lowest BCUT2D eigenvalue weighted by molar-refractivity contribution is 0.174. The van der Waals surface area contributed by atoms with E-state index < -0.39 is 0 Å². The van der Waals surface area contributed by atoms with Crippen molar-refractivity contribution in [1.29, 1.82) is 0 Å². The summed E-state index contributed by atoms with van der Waals surface area (Å²) in [6.45, 7) is 0.867. The standard InChI is InChI=1S/C21H16N2O3/c24-11-13-1-3-14(4-2-13)16-7-8-22-17-10-23-21(20(16)17)15-5-6-18-19(9-15)26-12-25-18/h1-9,24H,10-12H2. The van der Waals surface area contributed by atoms with Crippen LogP contribution in [0.25, 0.3) is 11.1 Å². The molecule has 0 unspecified atom stereocenters. The molecule has 2 aliphatic heterocycles. The summed E-state index contributed by atoms with van der Waals surface area (Å²) in [5, 5.41) is 9.27. The minimum Gasteiger partial charge on any atom is -0.454 e. The average Bonchev–Trinajstić information content (AvgIpc) is 3.34. The van der Waals surface area contributed by atoms with E-state index in [4.69, 9.17) is 14.5 Å². The third-order valence-electron chi connectivity index (χ3n) is 4.75. The molecule has 0 saturated carbocycles. The molecule has 0 fully saturated rings. The highest BCUT2D eigenvalue weighted by molar-refractivity contribution is 6.18. The van der Waals surface area contributed by atoms with Gasteiger partial charge in [-0.3, -0.25) is 9.98 Å². The van der Waals surface area contributed by atoms with E-state index in [0.29, 0.717) is 6.54 Å². The molecule has 5 nitrogen and oxygen atoms in total. The zero-order valence-corrected chi connectivity index (χ0v) is 14.0. The Morgan fingerprint density at radius 3 is 2.58 bits per heavy atom. The minimum atomic E-state index is 0.0403. The number of benzene rings is 2. The second-order valence-electron chi connectivity index (χ2n) is 6.27. The van der Waals surface area contributed by atoms with E-state index >= 15 is 0 Å². The van der Waals surface area contributed by atoms with Crippen LogP contribution in [0.15, 0.2) is 59.7 Å². The number of aliphatic imine (C=N–C) groups is 1. The number of nitrogens with zero attached hydrogens (tertiary/aromatic N) is 2. The van der Waals surface area contributed by atoms with Gasteiger partial charge in [0.05, 0.1) is 24.6 Å². The van der Waals surface area contributed by atoms with E-state index in [1.165, 1.54) is 0 Å². The van der Waals surface area contributed by atoms with E-state index in [0.717, 1.165) is 50.7 Å². The topological polar surface area (TPSA) is 63.9 Å². The number of hydrogen-bond donors (Lipinski definition) is 1. The number of aromatic nitrogens is 1. The van der Waals surface area contributed by atoms with E-state index in [2.05, 4.69) is 4.98 Å². The molecule has 5 rings (SSSR count). The van der Waals surface area contributed by atoms with Crippen LogP contribution in [-0.4, -0.2) is 22.6 Å². The summed E-state index contributed by atoms with van der Waals surface area (Å²) in [6.07, 6.45) is 1.83. The second-order valence-corrected chi connectivity index (χ2v) is 6.27. The fourth-order valence-corrected chi connectivity index (χ4v) is 3.43. The Kier molecular flexibility index (Phi) is 3.47. The van der Waals surface area contributed by atoms with Gasteiger partial charge in [-0.25, -0.2) is 0 Å². The Balaban J connectivity index is 1.61. The predicted octanol–water partition coefficient (Wildman–Crippen LogP) is 3.32. The van der Waals surface area contributed by atoms with Crippen molar-refractivity contribution < 1.29 is 14.6 Å². The van der Waals surface area contributed by atoms with Crippen LogP contribution in [0, 0.1) is 0 Å². The number of aliphatic hydroxyl groups excluding tert-OH is 1. The smallest absolute Gasteiger partial charge is 0.231 e. The van der Waals surface area contributed by atoms with Gasteiger partial charge in [0.1, 0.15) is 0 Å². The zero-order chi connectivity index (χ0) is 17.5. The van der Waals surface area contributed by atoms with Gasteiger partial charge in [0.15, 0.2) is 11.5 Å². The lowest BCUT2D eigenvalue weighted by Gasteiger charge is -2.12. The third kappa shape index (κ3) is 2.36. The lowest BCUT2D eigenvalue weighted by atomic mass is 9.93. The van der Waals surface area contributed by atoms with Gasteiger partial charge in [-0.2, -0.15) is 0 Å². The first-order valence-electron chi connectivity index (χ1n) is 8.46. The summed E-state index contributed by atoms with van der Waals surface area (Å²) in [5.41, 5.74) is 7.01. The van der Waals surface area contributed by atoms with Gasteiger partial charge in [-0.05, 0) is 41.0 Å². The van der Waals surface area contributed by atoms with Crippen LogP contribution in [0.5, 0.6) is 11.5 Å². The van der Waals surface area contributed by atoms with Crippen molar-refractivity contribution in [2.45, 2.75) is 13.2 Å². The molecule has 0 saturated heterocycles. The van der Waals surface area contributed by atoms with Crippen LogP contribution in [0.3, 0.4) is 0 Å². The van der Waals surface area contributed by atoms with E-state index in [1.807, 2.05) is 54.7 Å². The van der Waals surface area contributed by atoms with E-state index in [-0.39, 0.29) is 13.4 Å². The molecule has 1 N–H and O–H groups in total. The minimum absolute atomic E-state index is 0.0403. The summed E-state index contributed by atoms with van der Waals surface area (Å²) >= 11 is 0. The quantitative estimate of drug-likeness (QED) is 0.792. The van der Waals surface area contributed by atoms with Gasteiger partial charge in [-0.15, -0.1) is 0 Å². The molecule has 0 atom stereocenters. The fraction of sp³-hybridized carbons (Fsp3) is 0.143. The monoisotopic (exact) mass is 344 g/mol. The van der Waals surface area contributed by atoms with Crippen molar-refractivity contribution in [3.63, 3.8) is 0 Å². The SMILES string of the molecule is OCc1ccc(-c2ccnc3c2C(c2ccc4c(c2)OCO4)=NC3)cc1. The second kappa shape index (κ2) is 5.97. The van der Waals surface area contributed by atoms with Crippen LogP contribution >= 0.6 is 0 Å². The molecule has 2 aliphatic rings. The first kappa shape index (κ1) is 15.1. The molecule has 128 valence electrons.